The Bertz CT molecular complexity index is 1240. The average molecular weight is 521 g/mol. The van der Waals surface area contributed by atoms with E-state index in [-0.39, 0.29) is 27.6 Å². The Hall–Kier alpha value is -3.05. The van der Waals surface area contributed by atoms with E-state index < -0.39 is 22.0 Å². The molecule has 11 heteroatoms. The summed E-state index contributed by atoms with van der Waals surface area (Å²) in [6.07, 6.45) is 3.61. The van der Waals surface area contributed by atoms with Crippen LogP contribution in [0.1, 0.15) is 50.8 Å². The number of anilines is 1. The molecule has 1 fully saturated rings. The molecule has 0 radical (unpaired) electrons. The number of amides is 1. The van der Waals surface area contributed by atoms with Gasteiger partial charge in [0.25, 0.3) is 15.9 Å². The topological polar surface area (TPSA) is 119 Å². The van der Waals surface area contributed by atoms with Crippen molar-refractivity contribution >= 4 is 45.3 Å². The smallest absolute Gasteiger partial charge is 0.339 e. The zero-order valence-electron chi connectivity index (χ0n) is 20.0. The molecule has 0 aliphatic carbocycles. The minimum absolute atomic E-state index is 0.0470. The van der Waals surface area contributed by atoms with Gasteiger partial charge in [-0.2, -0.15) is 0 Å². The van der Waals surface area contributed by atoms with Crippen LogP contribution in [0.5, 0.6) is 0 Å². The van der Waals surface area contributed by atoms with Crippen molar-refractivity contribution in [3.05, 3.63) is 53.1 Å². The fourth-order valence-corrected chi connectivity index (χ4v) is 5.44. The van der Waals surface area contributed by atoms with E-state index in [2.05, 4.69) is 16.4 Å². The summed E-state index contributed by atoms with van der Waals surface area (Å²) in [5, 5.41) is 0. The second-order valence-corrected chi connectivity index (χ2v) is 10.7. The summed E-state index contributed by atoms with van der Waals surface area (Å²) >= 11 is 1.35. The number of hydrogen-bond donors (Lipinski definition) is 1. The molecule has 9 nitrogen and oxygen atoms in total. The number of ether oxygens (including phenoxy) is 2. The van der Waals surface area contributed by atoms with E-state index in [1.165, 1.54) is 49.2 Å². The molecule has 0 atom stereocenters. The maximum Gasteiger partial charge on any atom is 0.339 e. The molecule has 0 bridgehead atoms. The molecule has 0 saturated carbocycles. The first-order valence-corrected chi connectivity index (χ1v) is 13.6. The largest absolute Gasteiger partial charge is 0.465 e. The summed E-state index contributed by atoms with van der Waals surface area (Å²) in [5.74, 6) is -1.16. The summed E-state index contributed by atoms with van der Waals surface area (Å²) in [4.78, 5) is 39.7. The molecule has 1 N–H and O–H groups in total. The lowest BCUT2D eigenvalue weighted by Crippen LogP contribution is -2.38. The highest BCUT2D eigenvalue weighted by Crippen LogP contribution is 2.29. The van der Waals surface area contributed by atoms with Gasteiger partial charge in [0.15, 0.2) is 0 Å². The first-order valence-electron chi connectivity index (χ1n) is 10.9. The third-order valence-corrected chi connectivity index (χ3v) is 8.03. The number of nitrogens with zero attached hydrogens (tertiary/aromatic N) is 1. The fourth-order valence-electron chi connectivity index (χ4n) is 3.77. The first kappa shape index (κ1) is 26.6. The molecule has 1 heterocycles. The molecule has 0 aromatic heterocycles. The summed E-state index contributed by atoms with van der Waals surface area (Å²) in [6, 6.07) is 8.14. The minimum atomic E-state index is -4.24. The molecular formula is C24H28N2O7S2. The number of benzene rings is 2. The number of hydrogen-bond acceptors (Lipinski definition) is 8. The van der Waals surface area contributed by atoms with Crippen LogP contribution in [0.4, 0.5) is 5.69 Å². The van der Waals surface area contributed by atoms with Crippen molar-refractivity contribution in [3.8, 4) is 0 Å². The minimum Gasteiger partial charge on any atom is -0.465 e. The van der Waals surface area contributed by atoms with Gasteiger partial charge in [0.05, 0.1) is 41.5 Å². The van der Waals surface area contributed by atoms with Crippen LogP contribution in [0.2, 0.25) is 0 Å². The number of sulfonamides is 1. The van der Waals surface area contributed by atoms with Crippen LogP contribution < -0.4 is 4.72 Å². The monoisotopic (exact) mass is 520 g/mol. The third-order valence-electron chi connectivity index (χ3n) is 5.87. The highest BCUT2D eigenvalue weighted by molar-refractivity contribution is 7.98. The van der Waals surface area contributed by atoms with Gasteiger partial charge in [0, 0.05) is 18.0 Å². The quantitative estimate of drug-likeness (QED) is 0.434. The number of thioether (sulfide) groups is 1. The van der Waals surface area contributed by atoms with Crippen LogP contribution in [-0.4, -0.2) is 64.7 Å². The van der Waals surface area contributed by atoms with Gasteiger partial charge in [-0.05, 0) is 61.4 Å². The SMILES string of the molecule is COC(=O)c1ccc(C(=O)OC)c(NS(=O)(=O)c2ccc(SC)c(C(=O)N3CCC(C)CC3)c2)c1. The number of piperidine rings is 1. The van der Waals surface area contributed by atoms with Gasteiger partial charge >= 0.3 is 11.9 Å². The normalized spacial score (nSPS) is 14.3. The molecule has 1 amide bonds. The molecule has 1 saturated heterocycles. The van der Waals surface area contributed by atoms with Gasteiger partial charge in [-0.15, -0.1) is 11.8 Å². The third kappa shape index (κ3) is 5.96. The number of likely N-dealkylation sites (tertiary alicyclic amines) is 1. The van der Waals surface area contributed by atoms with Crippen LogP contribution >= 0.6 is 11.8 Å². The van der Waals surface area contributed by atoms with Gasteiger partial charge in [0.2, 0.25) is 0 Å². The molecule has 1 aliphatic heterocycles. The molecule has 2 aromatic carbocycles. The number of carbonyl (C=O) groups is 3. The van der Waals surface area contributed by atoms with Crippen molar-refractivity contribution in [2.24, 2.45) is 5.92 Å². The second kappa shape index (κ2) is 11.1. The van der Waals surface area contributed by atoms with E-state index in [4.69, 9.17) is 4.74 Å². The maximum absolute atomic E-state index is 13.3. The van der Waals surface area contributed by atoms with Crippen molar-refractivity contribution in [3.63, 3.8) is 0 Å². The highest BCUT2D eigenvalue weighted by atomic mass is 32.2. The Labute approximate surface area is 209 Å². The van der Waals surface area contributed by atoms with Gasteiger partial charge in [-0.1, -0.05) is 6.92 Å². The van der Waals surface area contributed by atoms with Crippen LogP contribution in [0, 0.1) is 5.92 Å². The molecular weight excluding hydrogens is 492 g/mol. The molecule has 35 heavy (non-hydrogen) atoms. The van der Waals surface area contributed by atoms with E-state index in [0.29, 0.717) is 29.5 Å². The van der Waals surface area contributed by atoms with Crippen molar-refractivity contribution in [2.75, 3.05) is 38.3 Å². The van der Waals surface area contributed by atoms with Crippen LogP contribution in [0.3, 0.4) is 0 Å². The van der Waals surface area contributed by atoms with Crippen LogP contribution in [0.15, 0.2) is 46.2 Å². The van der Waals surface area contributed by atoms with E-state index in [9.17, 15) is 22.8 Å². The molecule has 3 rings (SSSR count). The standard InChI is InChI=1S/C24H28N2O7S2/c1-15-9-11-26(12-10-15)22(27)19-14-17(6-8-21(19)34-4)35(30,31)25-20-13-16(23(28)32-2)5-7-18(20)24(29)33-3/h5-8,13-15,25H,9-12H2,1-4H3. The van der Waals surface area contributed by atoms with Gasteiger partial charge in [0.1, 0.15) is 0 Å². The van der Waals surface area contributed by atoms with Gasteiger partial charge in [-0.25, -0.2) is 18.0 Å². The summed E-state index contributed by atoms with van der Waals surface area (Å²) in [5.41, 5.74) is 0.118. The van der Waals surface area contributed by atoms with Gasteiger partial charge in [-0.3, -0.25) is 9.52 Å². The molecule has 0 spiro atoms. The predicted octanol–water partition coefficient (Wildman–Crippen LogP) is 3.65. The fraction of sp³-hybridized carbons (Fsp3) is 0.375. The van der Waals surface area contributed by atoms with Crippen LogP contribution in [-0.2, 0) is 19.5 Å². The van der Waals surface area contributed by atoms with Crippen LogP contribution in [0.25, 0.3) is 0 Å². The summed E-state index contributed by atoms with van der Waals surface area (Å²) < 4.78 is 38.4. The van der Waals surface area contributed by atoms with Crippen molar-refractivity contribution in [1.82, 2.24) is 4.90 Å². The Morgan fingerprint density at radius 2 is 1.63 bits per heavy atom. The lowest BCUT2D eigenvalue weighted by atomic mass is 9.98. The Morgan fingerprint density at radius 3 is 2.23 bits per heavy atom. The molecule has 2 aromatic rings. The predicted molar refractivity (Wildman–Crippen MR) is 132 cm³/mol. The number of carbonyl (C=O) groups excluding carboxylic acids is 3. The first-order chi connectivity index (χ1) is 16.6. The lowest BCUT2D eigenvalue weighted by molar-refractivity contribution is 0.0587. The lowest BCUT2D eigenvalue weighted by Gasteiger charge is -2.30. The molecule has 1 aliphatic rings. The van der Waals surface area contributed by atoms with Gasteiger partial charge < -0.3 is 14.4 Å². The Kier molecular flexibility index (Phi) is 8.44. The maximum atomic E-state index is 13.3. The number of esters is 2. The van der Waals surface area contributed by atoms with E-state index >= 15 is 0 Å². The highest BCUT2D eigenvalue weighted by Gasteiger charge is 2.26. The molecule has 0 unspecified atom stereocenters. The van der Waals surface area contributed by atoms with E-state index in [1.54, 1.807) is 11.0 Å². The average Bonchev–Trinajstić information content (AvgIpc) is 2.87. The number of methoxy groups -OCH3 is 2. The second-order valence-electron chi connectivity index (χ2n) is 8.19. The number of rotatable bonds is 7. The van der Waals surface area contributed by atoms with Crippen molar-refractivity contribution in [1.29, 1.82) is 0 Å². The Balaban J connectivity index is 2.00. The van der Waals surface area contributed by atoms with E-state index in [1.807, 2.05) is 6.26 Å². The van der Waals surface area contributed by atoms with E-state index in [0.717, 1.165) is 20.0 Å². The Morgan fingerprint density at radius 1 is 0.971 bits per heavy atom. The zero-order chi connectivity index (χ0) is 25.8. The zero-order valence-corrected chi connectivity index (χ0v) is 21.6. The summed E-state index contributed by atoms with van der Waals surface area (Å²) in [6.45, 7) is 3.38. The molecule has 188 valence electrons. The number of nitrogens with one attached hydrogen (secondary N) is 1. The summed E-state index contributed by atoms with van der Waals surface area (Å²) in [7, 11) is -1.89. The van der Waals surface area contributed by atoms with Crippen molar-refractivity contribution < 1.29 is 32.3 Å². The van der Waals surface area contributed by atoms with Crippen molar-refractivity contribution in [2.45, 2.75) is 29.6 Å².